The number of carbonyl (C=O) groups is 2. The largest absolute Gasteiger partial charge is 0.371 e. The van der Waals surface area contributed by atoms with E-state index in [0.717, 1.165) is 14.3 Å². The first-order valence-electron chi connectivity index (χ1n) is 10.2. The summed E-state index contributed by atoms with van der Waals surface area (Å²) in [4.78, 5) is 25.6. The summed E-state index contributed by atoms with van der Waals surface area (Å²) < 4.78 is 15.8. The number of rotatable bonds is 8. The number of halogens is 2. The second-order valence-electron chi connectivity index (χ2n) is 6.75. The molecule has 6 heteroatoms. The van der Waals surface area contributed by atoms with Crippen LogP contribution in [0, 0.1) is 14.3 Å². The summed E-state index contributed by atoms with van der Waals surface area (Å²) in [6.45, 7) is 0. The summed E-state index contributed by atoms with van der Waals surface area (Å²) in [5, 5.41) is 0. The quantitative estimate of drug-likeness (QED) is 0.180. The van der Waals surface area contributed by atoms with E-state index in [-0.39, 0.29) is 0 Å². The van der Waals surface area contributed by atoms with Crippen molar-refractivity contribution < 1.29 is 56.2 Å². The minimum Gasteiger partial charge on any atom is -0.246 e. The van der Waals surface area contributed by atoms with E-state index in [9.17, 15) is 9.59 Å². The van der Waals surface area contributed by atoms with Crippen molar-refractivity contribution in [2.45, 2.75) is 6.42 Å². The third kappa shape index (κ3) is 6.64. The minimum absolute atomic E-state index is 0.401. The van der Waals surface area contributed by atoms with Crippen molar-refractivity contribution in [2.75, 3.05) is 0 Å². The maximum Gasteiger partial charge on any atom is 0.371 e. The molecule has 0 saturated heterocycles. The Labute approximate surface area is 208 Å². The van der Waals surface area contributed by atoms with E-state index >= 15 is 0 Å². The zero-order chi connectivity index (χ0) is 22.9. The van der Waals surface area contributed by atoms with Crippen LogP contribution in [0.3, 0.4) is 0 Å². The molecular formula is C27H22I2O4+2. The monoisotopic (exact) mass is 664 g/mol. The fraction of sp³-hybridized carbons (Fsp3) is 0.0370. The second kappa shape index (κ2) is 11.9. The summed E-state index contributed by atoms with van der Waals surface area (Å²) in [6.07, 6.45) is -0.401. The van der Waals surface area contributed by atoms with Gasteiger partial charge in [-0.15, -0.1) is 0 Å². The minimum atomic E-state index is -2.48. The highest BCUT2D eigenvalue weighted by atomic mass is 127. The maximum absolute atomic E-state index is 12.8. The fourth-order valence-electron chi connectivity index (χ4n) is 2.89. The molecule has 166 valence electrons. The lowest BCUT2D eigenvalue weighted by Crippen LogP contribution is -3.86. The predicted molar refractivity (Wildman–Crippen MR) is 117 cm³/mol. The molecule has 0 heterocycles. The molecule has 2 radical (unpaired) electrons. The first-order valence-corrected chi connectivity index (χ1v) is 16.3. The first-order chi connectivity index (χ1) is 16.2. The van der Waals surface area contributed by atoms with Crippen LogP contribution >= 0.6 is 0 Å². The zero-order valence-corrected chi connectivity index (χ0v) is 22.0. The van der Waals surface area contributed by atoms with E-state index in [1.165, 1.54) is 0 Å². The average molecular weight is 664 g/mol. The van der Waals surface area contributed by atoms with Gasteiger partial charge in [0.1, 0.15) is 0 Å². The van der Waals surface area contributed by atoms with Crippen molar-refractivity contribution in [3.8, 4) is 0 Å². The van der Waals surface area contributed by atoms with Gasteiger partial charge in [0.05, 0.1) is 0 Å². The Balaban J connectivity index is 1.48. The number of carbonyl (C=O) groups excluding carboxylic acids is 2. The van der Waals surface area contributed by atoms with Gasteiger partial charge in [0, 0.05) is 0 Å². The Kier molecular flexibility index (Phi) is 8.48. The lowest BCUT2D eigenvalue weighted by Gasteiger charge is -2.06. The highest BCUT2D eigenvalue weighted by Gasteiger charge is 2.38. The van der Waals surface area contributed by atoms with E-state index < -0.39 is 58.8 Å². The fourth-order valence-corrected chi connectivity index (χ4v) is 10.9. The molecule has 0 aromatic heterocycles. The smallest absolute Gasteiger partial charge is 0.246 e. The van der Waals surface area contributed by atoms with Gasteiger partial charge >= 0.3 is 52.4 Å². The molecule has 0 aliphatic heterocycles. The van der Waals surface area contributed by atoms with Gasteiger partial charge in [0.15, 0.2) is 20.7 Å². The van der Waals surface area contributed by atoms with Crippen molar-refractivity contribution >= 4 is 11.9 Å². The van der Waals surface area contributed by atoms with Crippen molar-refractivity contribution in [2.24, 2.45) is 0 Å². The SMILES string of the molecule is O=C(CC(=O)O[I+](c1ccccc1)c1ccccc1)O[I+](c1ccccc1)c1ccccc1. The van der Waals surface area contributed by atoms with Crippen molar-refractivity contribution in [1.29, 1.82) is 0 Å². The molecule has 0 amide bonds. The Morgan fingerprint density at radius 1 is 0.455 bits per heavy atom. The Morgan fingerprint density at radius 3 is 0.939 bits per heavy atom. The van der Waals surface area contributed by atoms with Crippen LogP contribution in [0.5, 0.6) is 0 Å². The van der Waals surface area contributed by atoms with Gasteiger partial charge in [-0.2, -0.15) is 0 Å². The molecule has 4 aromatic rings. The van der Waals surface area contributed by atoms with Crippen LogP contribution in [0.25, 0.3) is 0 Å². The number of hydrogen-bond donors (Lipinski definition) is 0. The van der Waals surface area contributed by atoms with Crippen LogP contribution < -0.4 is 40.5 Å². The maximum atomic E-state index is 12.8. The van der Waals surface area contributed by atoms with Crippen LogP contribution in [-0.2, 0) is 15.7 Å². The molecule has 0 aliphatic carbocycles. The summed E-state index contributed by atoms with van der Waals surface area (Å²) in [7, 11) is 0. The van der Waals surface area contributed by atoms with Gasteiger partial charge in [-0.25, -0.2) is 15.7 Å². The Hall–Kier alpha value is -2.72. The average Bonchev–Trinajstić information content (AvgIpc) is 2.88. The Morgan fingerprint density at radius 2 is 0.697 bits per heavy atom. The van der Waals surface area contributed by atoms with Gasteiger partial charge in [0.25, 0.3) is 0 Å². The van der Waals surface area contributed by atoms with Crippen LogP contribution in [0.2, 0.25) is 0 Å². The zero-order valence-electron chi connectivity index (χ0n) is 17.6. The van der Waals surface area contributed by atoms with Crippen LogP contribution in [0.1, 0.15) is 6.42 Å². The third-order valence-electron chi connectivity index (χ3n) is 4.34. The summed E-state index contributed by atoms with van der Waals surface area (Å²) >= 11 is -4.96. The van der Waals surface area contributed by atoms with E-state index in [2.05, 4.69) is 0 Å². The van der Waals surface area contributed by atoms with Crippen LogP contribution in [0.15, 0.2) is 121 Å². The van der Waals surface area contributed by atoms with Crippen molar-refractivity contribution in [3.63, 3.8) is 0 Å². The van der Waals surface area contributed by atoms with E-state index in [4.69, 9.17) is 6.13 Å². The second-order valence-corrected chi connectivity index (χ2v) is 15.5. The first kappa shape index (κ1) is 23.4. The van der Waals surface area contributed by atoms with Crippen LogP contribution in [0.4, 0.5) is 0 Å². The molecule has 0 spiro atoms. The van der Waals surface area contributed by atoms with Crippen LogP contribution in [-0.4, -0.2) is 11.9 Å². The molecule has 0 saturated carbocycles. The van der Waals surface area contributed by atoms with Gasteiger partial charge in [-0.3, -0.25) is 0 Å². The molecule has 4 rings (SSSR count). The molecule has 4 nitrogen and oxygen atoms in total. The molecule has 0 unspecified atom stereocenters. The standard InChI is InChI=1S/C27H22I2O4/c30-26(32-28(22-13-5-1-6-14-22)23-15-7-2-8-16-23)21-27(31)33-29(24-17-9-3-10-18-24)25-19-11-4-12-20-25/h1-20H,21H2/q+2. The lowest BCUT2D eigenvalue weighted by molar-refractivity contribution is -1.04. The predicted octanol–water partition coefficient (Wildman–Crippen LogP) is -0.978. The molecule has 0 N–H and O–H groups in total. The summed E-state index contributed by atoms with van der Waals surface area (Å²) in [6, 6.07) is 38.9. The van der Waals surface area contributed by atoms with Crippen molar-refractivity contribution in [1.82, 2.24) is 0 Å². The highest BCUT2D eigenvalue weighted by molar-refractivity contribution is 5.90. The summed E-state index contributed by atoms with van der Waals surface area (Å²) in [5.41, 5.74) is 0. The molecule has 0 aliphatic rings. The molecular weight excluding hydrogens is 642 g/mol. The molecule has 0 atom stereocenters. The van der Waals surface area contributed by atoms with Gasteiger partial charge < -0.3 is 0 Å². The van der Waals surface area contributed by atoms with E-state index in [0.29, 0.717) is 0 Å². The lowest BCUT2D eigenvalue weighted by atomic mass is 10.4. The number of benzene rings is 4. The van der Waals surface area contributed by atoms with E-state index in [1.807, 2.05) is 121 Å². The Bertz CT molecular complexity index is 996. The van der Waals surface area contributed by atoms with Gasteiger partial charge in [0.2, 0.25) is 0 Å². The third-order valence-corrected chi connectivity index (χ3v) is 13.6. The highest BCUT2D eigenvalue weighted by Crippen LogP contribution is 1.91. The topological polar surface area (TPSA) is 52.6 Å². The van der Waals surface area contributed by atoms with Gasteiger partial charge in [-0.1, -0.05) is 72.8 Å². The molecule has 0 bridgehead atoms. The molecule has 0 fully saturated rings. The molecule has 33 heavy (non-hydrogen) atoms. The van der Waals surface area contributed by atoms with Crippen molar-refractivity contribution in [3.05, 3.63) is 136 Å². The normalized spacial score (nSPS) is 10.7. The molecule has 4 aromatic carbocycles. The number of hydrogen-bond acceptors (Lipinski definition) is 4. The van der Waals surface area contributed by atoms with E-state index in [1.54, 1.807) is 0 Å². The van der Waals surface area contributed by atoms with Gasteiger partial charge in [-0.05, 0) is 48.5 Å². The summed E-state index contributed by atoms with van der Waals surface area (Å²) in [5.74, 6) is -1.09.